The quantitative estimate of drug-likeness (QED) is 0.106. The summed E-state index contributed by atoms with van der Waals surface area (Å²) in [6.45, 7) is 22.5. The van der Waals surface area contributed by atoms with Gasteiger partial charge in [0.25, 0.3) is 5.91 Å². The van der Waals surface area contributed by atoms with E-state index in [2.05, 4.69) is 220 Å². The minimum Gasteiger partial charge on any atom is -0.396 e. The molecule has 0 radical (unpaired) electrons. The molecule has 0 saturated carbocycles. The van der Waals surface area contributed by atoms with Crippen molar-refractivity contribution in [3.63, 3.8) is 0 Å². The number of hydrogen-bond acceptors (Lipinski definition) is 5. The average molecular weight is 1150 g/mol. The van der Waals surface area contributed by atoms with Gasteiger partial charge in [0.15, 0.2) is 0 Å². The number of aromatic nitrogens is 2. The third kappa shape index (κ3) is 15.9. The Morgan fingerprint density at radius 2 is 1.09 bits per heavy atom. The molecule has 364 valence electrons. The van der Waals surface area contributed by atoms with Crippen LogP contribution in [0.25, 0.3) is 39.3 Å². The number of nitrogens with one attached hydrogen (secondary N) is 1. The van der Waals surface area contributed by atoms with Crippen LogP contribution < -0.4 is 11.1 Å². The second-order valence-corrected chi connectivity index (χ2v) is 21.3. The molecular weight excluding hydrogens is 1080 g/mol. The van der Waals surface area contributed by atoms with E-state index in [0.29, 0.717) is 35.8 Å². The molecule has 1 fully saturated rings. The van der Waals surface area contributed by atoms with Crippen molar-refractivity contribution in [2.75, 3.05) is 31.7 Å². The van der Waals surface area contributed by atoms with Crippen LogP contribution in [0.3, 0.4) is 0 Å². The number of carbonyl (C=O) groups excluding carboxylic acids is 1. The van der Waals surface area contributed by atoms with E-state index in [1.165, 1.54) is 66.6 Å². The maximum absolute atomic E-state index is 13.0. The monoisotopic (exact) mass is 1150 g/mol. The smallest absolute Gasteiger partial charge is 0.255 e. The molecule has 2 heterocycles. The third-order valence-electron chi connectivity index (χ3n) is 11.9. The van der Waals surface area contributed by atoms with Gasteiger partial charge in [0.1, 0.15) is 5.82 Å². The van der Waals surface area contributed by atoms with Crippen molar-refractivity contribution < 1.29 is 14.6 Å². The zero-order valence-corrected chi connectivity index (χ0v) is 46.3. The molecule has 1 saturated heterocycles. The lowest BCUT2D eigenvalue weighted by molar-refractivity contribution is 0.102. The number of amides is 1. The summed E-state index contributed by atoms with van der Waals surface area (Å²) >= 11 is 4.60. The van der Waals surface area contributed by atoms with Crippen molar-refractivity contribution >= 4 is 56.8 Å². The van der Waals surface area contributed by atoms with Crippen molar-refractivity contribution in [3.05, 3.63) is 181 Å². The van der Waals surface area contributed by atoms with E-state index >= 15 is 0 Å². The van der Waals surface area contributed by atoms with E-state index in [1.54, 1.807) is 0 Å². The van der Waals surface area contributed by atoms with Crippen molar-refractivity contribution in [3.8, 4) is 39.3 Å². The van der Waals surface area contributed by atoms with Crippen molar-refractivity contribution in [2.45, 2.75) is 98.8 Å². The maximum Gasteiger partial charge on any atom is 0.255 e. The summed E-state index contributed by atoms with van der Waals surface area (Å²) in [5.74, 6) is 2.59. The van der Waals surface area contributed by atoms with Crippen LogP contribution in [0.15, 0.2) is 146 Å². The Hall–Kier alpha value is -4.66. The van der Waals surface area contributed by atoms with Gasteiger partial charge in [-0.1, -0.05) is 141 Å². The van der Waals surface area contributed by atoms with Gasteiger partial charge in [0.05, 0.1) is 5.69 Å². The summed E-state index contributed by atoms with van der Waals surface area (Å²) in [6, 6.07) is 46.5. The predicted octanol–water partition coefficient (Wildman–Crippen LogP) is 15.9. The number of nitrogens with zero attached hydrogens (tertiary/aromatic N) is 2. The molecule has 69 heavy (non-hydrogen) atoms. The molecular formula is C60H72I2N4O3. The van der Waals surface area contributed by atoms with Crippen molar-refractivity contribution in [1.29, 1.82) is 0 Å². The molecule has 7 aromatic rings. The molecule has 9 heteroatoms. The lowest BCUT2D eigenvalue weighted by Crippen LogP contribution is -2.16. The minimum atomic E-state index is -0.0604. The van der Waals surface area contributed by atoms with Crippen LogP contribution in [0.1, 0.15) is 131 Å². The highest BCUT2D eigenvalue weighted by Gasteiger charge is 2.22. The molecule has 7 nitrogen and oxygen atoms in total. The molecule has 1 unspecified atom stereocenters. The number of benzene rings is 6. The topological polar surface area (TPSA) is 102 Å². The molecule has 6 aromatic carbocycles. The van der Waals surface area contributed by atoms with Gasteiger partial charge in [-0.3, -0.25) is 9.36 Å². The number of carbonyl (C=O) groups is 1. The summed E-state index contributed by atoms with van der Waals surface area (Å²) < 4.78 is 9.50. The van der Waals surface area contributed by atoms with E-state index in [4.69, 9.17) is 20.6 Å². The average Bonchev–Trinajstić information content (AvgIpc) is 4.11. The van der Waals surface area contributed by atoms with E-state index in [-0.39, 0.29) is 18.4 Å². The molecule has 1 amide bonds. The number of imidazole rings is 1. The molecule has 1 aliphatic heterocycles. The molecule has 1 atom stereocenters. The first-order valence-electron chi connectivity index (χ1n) is 24.3. The van der Waals surface area contributed by atoms with Crippen LogP contribution >= 0.6 is 45.2 Å². The van der Waals surface area contributed by atoms with Crippen LogP contribution in [0, 0.1) is 13.1 Å². The largest absolute Gasteiger partial charge is 0.396 e. The lowest BCUT2D eigenvalue weighted by Gasteiger charge is -2.23. The second kappa shape index (κ2) is 27.7. The summed E-state index contributed by atoms with van der Waals surface area (Å²) in [7, 11) is 0. The molecule has 8 rings (SSSR count). The molecule has 1 aromatic heterocycles. The second-order valence-electron chi connectivity index (χ2n) is 18.8. The first-order chi connectivity index (χ1) is 33.1. The van der Waals surface area contributed by atoms with Gasteiger partial charge < -0.3 is 20.9 Å². The Labute approximate surface area is 440 Å². The summed E-state index contributed by atoms with van der Waals surface area (Å²) in [4.78, 5) is 17.7. The number of anilines is 1. The number of aliphatic hydroxyl groups is 1. The Balaban J connectivity index is 0.000000211. The van der Waals surface area contributed by atoms with Crippen LogP contribution in [0.2, 0.25) is 0 Å². The first-order valence-corrected chi connectivity index (χ1v) is 26.5. The summed E-state index contributed by atoms with van der Waals surface area (Å²) in [5.41, 5.74) is 19.1. The van der Waals surface area contributed by atoms with E-state index in [1.807, 2.05) is 43.5 Å². The molecule has 4 N–H and O–H groups in total. The van der Waals surface area contributed by atoms with Crippen molar-refractivity contribution in [2.24, 2.45) is 11.7 Å². The number of aliphatic hydroxyl groups excluding tert-OH is 1. The molecule has 1 aliphatic rings. The van der Waals surface area contributed by atoms with Crippen LogP contribution in [-0.2, 0) is 4.74 Å². The first kappa shape index (κ1) is 55.3. The summed E-state index contributed by atoms with van der Waals surface area (Å²) in [6.07, 6.45) is 6.57. The zero-order valence-electron chi connectivity index (χ0n) is 42.0. The highest BCUT2D eigenvalue weighted by Crippen LogP contribution is 2.39. The number of nitrogens with two attached hydrogens (primary N) is 1. The minimum absolute atomic E-state index is 0.0604. The fourth-order valence-electron chi connectivity index (χ4n) is 7.90. The van der Waals surface area contributed by atoms with Gasteiger partial charge in [-0.2, -0.15) is 0 Å². The molecule has 0 aliphatic carbocycles. The van der Waals surface area contributed by atoms with Gasteiger partial charge in [-0.15, -0.1) is 0 Å². The number of hydrogen-bond donors (Lipinski definition) is 3. The predicted molar refractivity (Wildman–Crippen MR) is 308 cm³/mol. The van der Waals surface area contributed by atoms with Gasteiger partial charge >= 0.3 is 0 Å². The number of rotatable bonds is 12. The van der Waals surface area contributed by atoms with Gasteiger partial charge in [-0.05, 0) is 193 Å². The summed E-state index contributed by atoms with van der Waals surface area (Å²) in [5, 5.41) is 11.5. The molecule has 0 bridgehead atoms. The van der Waals surface area contributed by atoms with Crippen LogP contribution in [0.4, 0.5) is 5.69 Å². The van der Waals surface area contributed by atoms with E-state index in [9.17, 15) is 4.79 Å². The zero-order chi connectivity index (χ0) is 50.0. The Morgan fingerprint density at radius 3 is 1.49 bits per heavy atom. The Bertz CT molecular complexity index is 2600. The lowest BCUT2D eigenvalue weighted by atomic mass is 9.88. The Morgan fingerprint density at radius 1 is 0.623 bits per heavy atom. The molecule has 0 spiro atoms. The standard InChI is InChI=1S/C27H27IN2.C25H26INO.C4H11NO.C4H8O/c1-18(2)24-16-22(20-9-6-5-7-10-20)17-25(19(3)4)26(24)30-14-13-29-27(30)21-11-8-12-23(28)15-21;1-16(2)22-14-20(18-9-6-5-7-10-18)15-23(17(3)4)24(22)27-25(28)19-11-8-12-21(26)13-19;1-4(2-5)3-6;1-2-4-5-3-1/h5-19H,1-4H3;5-17H,1-4H3,(H,27,28);4,6H,2-3,5H2,1H3;1-4H2. The number of halogens is 2. The van der Waals surface area contributed by atoms with Gasteiger partial charge in [0.2, 0.25) is 0 Å². The third-order valence-corrected chi connectivity index (χ3v) is 13.2. The van der Waals surface area contributed by atoms with E-state index in [0.717, 1.165) is 33.9 Å². The van der Waals surface area contributed by atoms with Gasteiger partial charge in [0, 0.05) is 56.2 Å². The highest BCUT2D eigenvalue weighted by atomic mass is 127. The fraction of sp³-hybridized carbons (Fsp3) is 0.333. The SMILES string of the molecule is C1CCOC1.CC(C)c1cc(-c2ccccc2)cc(C(C)C)c1-n1ccnc1-c1cccc(I)c1.CC(C)c1cc(-c2ccccc2)cc(C(C)C)c1NC(=O)c1cccc(I)c1.CC(CN)CO. The van der Waals surface area contributed by atoms with E-state index < -0.39 is 0 Å². The van der Waals surface area contributed by atoms with Gasteiger partial charge in [-0.25, -0.2) is 4.98 Å². The fourth-order valence-corrected chi connectivity index (χ4v) is 8.99. The number of ether oxygens (including phenoxy) is 1. The maximum atomic E-state index is 13.0. The van der Waals surface area contributed by atoms with Crippen molar-refractivity contribution in [1.82, 2.24) is 9.55 Å². The van der Waals surface area contributed by atoms with Crippen LogP contribution in [-0.4, -0.2) is 46.9 Å². The normalized spacial score (nSPS) is 12.5. The highest BCUT2D eigenvalue weighted by molar-refractivity contribution is 14.1. The Kier molecular flexibility index (Phi) is 22.2. The van der Waals surface area contributed by atoms with Crippen LogP contribution in [0.5, 0.6) is 0 Å².